The number of esters is 1. The van der Waals surface area contributed by atoms with Crippen molar-refractivity contribution in [3.63, 3.8) is 0 Å². The Morgan fingerprint density at radius 3 is 2.00 bits per heavy atom. The number of fused-ring (bicyclic) bond motifs is 2. The van der Waals surface area contributed by atoms with E-state index in [4.69, 9.17) is 28.8 Å². The standard InChI is InChI=1S/C32H37NO10S/c1-18(31(36)37)9-23(34)29-14-20-11-26(25(40-4)15-28(20)44-29)42-7-6-8-43-27-13-22-17-33(16-21(22)12-24(27)39-3)30(35)10-19(2)32(38)41-5/h11-15,18-19H,6-10,16-17H2,1-5H3,(H,36,37). The van der Waals surface area contributed by atoms with Gasteiger partial charge in [-0.2, -0.15) is 0 Å². The number of thiophene rings is 1. The second kappa shape index (κ2) is 14.4. The van der Waals surface area contributed by atoms with Crippen LogP contribution >= 0.6 is 11.3 Å². The third-order valence-electron chi connectivity index (χ3n) is 7.44. The zero-order chi connectivity index (χ0) is 32.0. The number of hydrogen-bond acceptors (Lipinski definition) is 10. The summed E-state index contributed by atoms with van der Waals surface area (Å²) in [5.74, 6) is -0.837. The van der Waals surface area contributed by atoms with Gasteiger partial charge < -0.3 is 33.7 Å². The molecule has 4 rings (SSSR count). The number of amides is 1. The molecule has 0 saturated heterocycles. The average Bonchev–Trinajstić information content (AvgIpc) is 3.62. The maximum absolute atomic E-state index is 12.8. The van der Waals surface area contributed by atoms with E-state index in [0.717, 1.165) is 21.2 Å². The topological polar surface area (TPSA) is 138 Å². The molecule has 12 heteroatoms. The molecule has 2 atom stereocenters. The van der Waals surface area contributed by atoms with E-state index in [0.29, 0.717) is 60.6 Å². The van der Waals surface area contributed by atoms with Gasteiger partial charge in [0, 0.05) is 43.1 Å². The normalized spacial score (nSPS) is 13.6. The molecule has 3 aromatic rings. The third kappa shape index (κ3) is 7.60. The minimum atomic E-state index is -1.00. The van der Waals surface area contributed by atoms with E-state index in [9.17, 15) is 19.2 Å². The number of hydrogen-bond donors (Lipinski definition) is 1. The lowest BCUT2D eigenvalue weighted by Gasteiger charge is -2.17. The van der Waals surface area contributed by atoms with Crippen molar-refractivity contribution in [1.29, 1.82) is 0 Å². The second-order valence-electron chi connectivity index (χ2n) is 10.7. The Balaban J connectivity index is 1.33. The van der Waals surface area contributed by atoms with Crippen LogP contribution in [0.5, 0.6) is 23.0 Å². The van der Waals surface area contributed by atoms with Crippen molar-refractivity contribution >= 4 is 45.1 Å². The lowest BCUT2D eigenvalue weighted by Crippen LogP contribution is -2.29. The quantitative estimate of drug-likeness (QED) is 0.138. The number of ketones is 1. The van der Waals surface area contributed by atoms with Crippen LogP contribution < -0.4 is 18.9 Å². The maximum atomic E-state index is 12.8. The van der Waals surface area contributed by atoms with Gasteiger partial charge in [0.25, 0.3) is 0 Å². The molecule has 2 heterocycles. The largest absolute Gasteiger partial charge is 0.493 e. The van der Waals surface area contributed by atoms with Gasteiger partial charge in [0.1, 0.15) is 0 Å². The summed E-state index contributed by atoms with van der Waals surface area (Å²) < 4.78 is 28.6. The molecule has 1 aliphatic rings. The second-order valence-corrected chi connectivity index (χ2v) is 11.8. The summed E-state index contributed by atoms with van der Waals surface area (Å²) in [6.07, 6.45) is 0.568. The van der Waals surface area contributed by atoms with Gasteiger partial charge in [0.15, 0.2) is 28.8 Å². The minimum absolute atomic E-state index is 0.0651. The number of aliphatic carboxylic acids is 1. The smallest absolute Gasteiger partial charge is 0.308 e. The number of Topliss-reactive ketones (excluding diaryl/α,β-unsaturated/α-hetero) is 1. The summed E-state index contributed by atoms with van der Waals surface area (Å²) in [5, 5.41) is 9.93. The lowest BCUT2D eigenvalue weighted by molar-refractivity contribution is -0.148. The molecule has 0 radical (unpaired) electrons. The molecule has 1 N–H and O–H groups in total. The summed E-state index contributed by atoms with van der Waals surface area (Å²) in [6.45, 7) is 4.72. The van der Waals surface area contributed by atoms with E-state index in [1.165, 1.54) is 25.4 Å². The van der Waals surface area contributed by atoms with Crippen molar-refractivity contribution in [2.24, 2.45) is 11.8 Å². The van der Waals surface area contributed by atoms with Crippen LogP contribution in [-0.4, -0.2) is 68.2 Å². The Morgan fingerprint density at radius 1 is 0.818 bits per heavy atom. The summed E-state index contributed by atoms with van der Waals surface area (Å²) >= 11 is 1.29. The highest BCUT2D eigenvalue weighted by atomic mass is 32.1. The van der Waals surface area contributed by atoms with Crippen LogP contribution in [0.2, 0.25) is 0 Å². The van der Waals surface area contributed by atoms with Gasteiger partial charge in [-0.25, -0.2) is 0 Å². The number of benzene rings is 2. The molecule has 11 nitrogen and oxygen atoms in total. The SMILES string of the molecule is COC(=O)C(C)CC(=O)N1Cc2cc(OC)c(OCCCOc3cc4cc(C(=O)CC(C)C(=O)O)sc4cc3OC)cc2C1. The summed E-state index contributed by atoms with van der Waals surface area (Å²) in [5.41, 5.74) is 1.92. The van der Waals surface area contributed by atoms with Gasteiger partial charge in [-0.3, -0.25) is 19.2 Å². The molecule has 2 aromatic carbocycles. The fourth-order valence-electron chi connectivity index (χ4n) is 4.88. The van der Waals surface area contributed by atoms with E-state index < -0.39 is 23.8 Å². The Labute approximate surface area is 259 Å². The van der Waals surface area contributed by atoms with E-state index >= 15 is 0 Å². The minimum Gasteiger partial charge on any atom is -0.493 e. The molecule has 0 saturated carbocycles. The molecule has 44 heavy (non-hydrogen) atoms. The molecule has 1 amide bonds. The predicted octanol–water partition coefficient (Wildman–Crippen LogP) is 5.10. The van der Waals surface area contributed by atoms with Gasteiger partial charge in [-0.05, 0) is 40.8 Å². The van der Waals surface area contributed by atoms with Crippen LogP contribution in [0.25, 0.3) is 10.1 Å². The molecule has 0 aliphatic carbocycles. The zero-order valence-electron chi connectivity index (χ0n) is 25.5. The van der Waals surface area contributed by atoms with E-state index in [-0.39, 0.29) is 24.5 Å². The number of ether oxygens (including phenoxy) is 5. The van der Waals surface area contributed by atoms with Crippen molar-refractivity contribution in [1.82, 2.24) is 4.90 Å². The van der Waals surface area contributed by atoms with Crippen molar-refractivity contribution < 1.29 is 48.0 Å². The molecule has 1 aliphatic heterocycles. The van der Waals surface area contributed by atoms with Crippen LogP contribution in [0, 0.1) is 11.8 Å². The molecule has 0 fully saturated rings. The number of carboxylic acid groups (broad SMARTS) is 1. The number of carbonyl (C=O) groups is 4. The van der Waals surface area contributed by atoms with Gasteiger partial charge in [-0.1, -0.05) is 13.8 Å². The van der Waals surface area contributed by atoms with Gasteiger partial charge in [0.2, 0.25) is 5.91 Å². The van der Waals surface area contributed by atoms with Gasteiger partial charge in [-0.15, -0.1) is 11.3 Å². The average molecular weight is 628 g/mol. The molecular formula is C32H37NO10S. The first kappa shape index (κ1) is 32.6. The Bertz CT molecular complexity index is 1550. The van der Waals surface area contributed by atoms with Crippen LogP contribution in [0.15, 0.2) is 30.3 Å². The van der Waals surface area contributed by atoms with Gasteiger partial charge in [0.05, 0.1) is 51.3 Å². The lowest BCUT2D eigenvalue weighted by atomic mass is 10.0. The monoisotopic (exact) mass is 627 g/mol. The zero-order valence-corrected chi connectivity index (χ0v) is 26.3. The summed E-state index contributed by atoms with van der Waals surface area (Å²) in [7, 11) is 4.41. The van der Waals surface area contributed by atoms with Crippen molar-refractivity contribution in [2.45, 2.75) is 46.2 Å². The van der Waals surface area contributed by atoms with Crippen molar-refractivity contribution in [2.75, 3.05) is 34.5 Å². The van der Waals surface area contributed by atoms with Crippen molar-refractivity contribution in [3.8, 4) is 23.0 Å². The molecular weight excluding hydrogens is 590 g/mol. The van der Waals surface area contributed by atoms with Crippen LogP contribution in [0.1, 0.15) is 53.9 Å². The first-order chi connectivity index (χ1) is 21.0. The number of carbonyl (C=O) groups excluding carboxylic acids is 3. The van der Waals surface area contributed by atoms with Crippen LogP contribution in [0.3, 0.4) is 0 Å². The Morgan fingerprint density at radius 2 is 1.41 bits per heavy atom. The van der Waals surface area contributed by atoms with Crippen molar-refractivity contribution in [3.05, 3.63) is 46.3 Å². The Kier molecular flexibility index (Phi) is 10.7. The van der Waals surface area contributed by atoms with Gasteiger partial charge >= 0.3 is 11.9 Å². The van der Waals surface area contributed by atoms with E-state index in [1.807, 2.05) is 24.3 Å². The molecule has 1 aromatic heterocycles. The fraction of sp³-hybridized carbons (Fsp3) is 0.438. The molecule has 0 bridgehead atoms. The molecule has 236 valence electrons. The number of carboxylic acids is 1. The first-order valence-corrected chi connectivity index (χ1v) is 15.0. The first-order valence-electron chi connectivity index (χ1n) is 14.2. The molecule has 2 unspecified atom stereocenters. The highest BCUT2D eigenvalue weighted by molar-refractivity contribution is 7.20. The highest BCUT2D eigenvalue weighted by Crippen LogP contribution is 2.38. The predicted molar refractivity (Wildman–Crippen MR) is 163 cm³/mol. The highest BCUT2D eigenvalue weighted by Gasteiger charge is 2.28. The fourth-order valence-corrected chi connectivity index (χ4v) is 5.90. The number of methoxy groups -OCH3 is 3. The van der Waals surface area contributed by atoms with E-state index in [1.54, 1.807) is 32.1 Å². The van der Waals surface area contributed by atoms with E-state index in [2.05, 4.69) is 0 Å². The number of rotatable bonds is 15. The van der Waals surface area contributed by atoms with Crippen LogP contribution in [-0.2, 0) is 32.2 Å². The summed E-state index contributed by atoms with van der Waals surface area (Å²) in [6, 6.07) is 9.13. The maximum Gasteiger partial charge on any atom is 0.308 e. The Hall–Kier alpha value is -4.32. The third-order valence-corrected chi connectivity index (χ3v) is 8.58. The summed E-state index contributed by atoms with van der Waals surface area (Å²) in [4.78, 5) is 50.4. The van der Waals surface area contributed by atoms with Crippen LogP contribution in [0.4, 0.5) is 0 Å². The number of nitrogens with zero attached hydrogens (tertiary/aromatic N) is 1. The molecule has 0 spiro atoms.